The minimum atomic E-state index is -0.458. The molecule has 0 radical (unpaired) electrons. The molecule has 5 heteroatoms. The number of benzene rings is 1. The van der Waals surface area contributed by atoms with Gasteiger partial charge in [-0.3, -0.25) is 0 Å². The van der Waals surface area contributed by atoms with E-state index in [1.54, 1.807) is 0 Å². The van der Waals surface area contributed by atoms with Gasteiger partial charge in [-0.1, -0.05) is 31.9 Å². The van der Waals surface area contributed by atoms with E-state index in [9.17, 15) is 5.11 Å². The maximum Gasteiger partial charge on any atom is 0.0831 e. The topological polar surface area (TPSA) is 38.7 Å². The largest absolute Gasteiger partial charge is 0.388 e. The van der Waals surface area contributed by atoms with Crippen LogP contribution in [0.4, 0.5) is 0 Å². The first-order valence-electron chi connectivity index (χ1n) is 7.44. The van der Waals surface area contributed by atoms with Gasteiger partial charge >= 0.3 is 0 Å². The summed E-state index contributed by atoms with van der Waals surface area (Å²) in [5, 5.41) is 10.8. The van der Waals surface area contributed by atoms with Gasteiger partial charge < -0.3 is 14.6 Å². The maximum absolute atomic E-state index is 10.8. The SMILES string of the molecule is OC(c1cc(Br)ccc1Br)C1CCOC2(CCOCC2)C1. The van der Waals surface area contributed by atoms with Crippen molar-refractivity contribution in [2.45, 2.75) is 37.4 Å². The molecule has 3 nitrogen and oxygen atoms in total. The third kappa shape index (κ3) is 3.53. The van der Waals surface area contributed by atoms with E-state index in [1.165, 1.54) is 0 Å². The van der Waals surface area contributed by atoms with Crippen molar-refractivity contribution in [3.63, 3.8) is 0 Å². The van der Waals surface area contributed by atoms with E-state index in [4.69, 9.17) is 9.47 Å². The Morgan fingerprint density at radius 1 is 1.19 bits per heavy atom. The lowest BCUT2D eigenvalue weighted by molar-refractivity contribution is -0.159. The second-order valence-corrected chi connectivity index (χ2v) is 7.78. The van der Waals surface area contributed by atoms with Crippen molar-refractivity contribution in [1.82, 2.24) is 0 Å². The Hall–Kier alpha value is 0.0600. The summed E-state index contributed by atoms with van der Waals surface area (Å²) in [5.74, 6) is 0.238. The molecular formula is C16H20Br2O3. The monoisotopic (exact) mass is 418 g/mol. The van der Waals surface area contributed by atoms with Gasteiger partial charge in [-0.05, 0) is 55.4 Å². The zero-order valence-electron chi connectivity index (χ0n) is 11.9. The highest BCUT2D eigenvalue weighted by molar-refractivity contribution is 9.11. The van der Waals surface area contributed by atoms with E-state index in [2.05, 4.69) is 31.9 Å². The first-order valence-corrected chi connectivity index (χ1v) is 9.03. The van der Waals surface area contributed by atoms with E-state index in [-0.39, 0.29) is 11.5 Å². The van der Waals surface area contributed by atoms with Gasteiger partial charge in [-0.25, -0.2) is 0 Å². The summed E-state index contributed by atoms with van der Waals surface area (Å²) in [6.07, 6.45) is 3.24. The number of hydrogen-bond donors (Lipinski definition) is 1. The molecular weight excluding hydrogens is 400 g/mol. The summed E-state index contributed by atoms with van der Waals surface area (Å²) in [4.78, 5) is 0. The molecule has 2 aliphatic rings. The lowest BCUT2D eigenvalue weighted by Crippen LogP contribution is -2.45. The van der Waals surface area contributed by atoms with Crippen molar-refractivity contribution in [3.05, 3.63) is 32.7 Å². The Morgan fingerprint density at radius 3 is 2.71 bits per heavy atom. The highest BCUT2D eigenvalue weighted by Crippen LogP contribution is 2.43. The fraction of sp³-hybridized carbons (Fsp3) is 0.625. The fourth-order valence-electron chi connectivity index (χ4n) is 3.42. The molecule has 0 bridgehead atoms. The standard InChI is InChI=1S/C16H20Br2O3/c17-12-1-2-14(18)13(9-12)15(19)11-3-6-21-16(10-11)4-7-20-8-5-16/h1-2,9,11,15,19H,3-8,10H2. The van der Waals surface area contributed by atoms with Crippen molar-refractivity contribution in [3.8, 4) is 0 Å². The molecule has 2 saturated heterocycles. The van der Waals surface area contributed by atoms with Crippen LogP contribution in [0, 0.1) is 5.92 Å². The average Bonchev–Trinajstić information content (AvgIpc) is 2.50. The quantitative estimate of drug-likeness (QED) is 0.779. The Kier molecular flexibility index (Phi) is 5.06. The lowest BCUT2D eigenvalue weighted by atomic mass is 9.77. The van der Waals surface area contributed by atoms with E-state index < -0.39 is 6.10 Å². The molecule has 0 saturated carbocycles. The van der Waals surface area contributed by atoms with E-state index in [1.807, 2.05) is 18.2 Å². The zero-order valence-corrected chi connectivity index (χ0v) is 15.0. The lowest BCUT2D eigenvalue weighted by Gasteiger charge is -2.44. The Morgan fingerprint density at radius 2 is 1.95 bits per heavy atom. The molecule has 2 atom stereocenters. The first-order chi connectivity index (χ1) is 10.1. The number of aliphatic hydroxyl groups is 1. The summed E-state index contributed by atoms with van der Waals surface area (Å²) in [7, 11) is 0. The smallest absolute Gasteiger partial charge is 0.0831 e. The normalized spacial score (nSPS) is 26.7. The summed E-state index contributed by atoms with van der Waals surface area (Å²) in [6.45, 7) is 2.26. The Labute approximate surface area is 142 Å². The fourth-order valence-corrected chi connectivity index (χ4v) is 4.28. The second kappa shape index (κ2) is 6.67. The highest BCUT2D eigenvalue weighted by atomic mass is 79.9. The third-order valence-corrected chi connectivity index (χ3v) is 5.87. The minimum absolute atomic E-state index is 0.0827. The van der Waals surface area contributed by atoms with Crippen LogP contribution in [0.15, 0.2) is 27.1 Å². The highest BCUT2D eigenvalue weighted by Gasteiger charge is 2.41. The van der Waals surface area contributed by atoms with Crippen molar-refractivity contribution < 1.29 is 14.6 Å². The van der Waals surface area contributed by atoms with Gasteiger partial charge in [-0.15, -0.1) is 0 Å². The van der Waals surface area contributed by atoms with Crippen LogP contribution < -0.4 is 0 Å². The predicted octanol–water partition coefficient (Wildman–Crippen LogP) is 4.22. The molecule has 1 N–H and O–H groups in total. The molecule has 0 aliphatic carbocycles. The summed E-state index contributed by atoms with van der Waals surface area (Å²) in [6, 6.07) is 5.96. The van der Waals surface area contributed by atoms with Crippen molar-refractivity contribution in [1.29, 1.82) is 0 Å². The molecule has 3 rings (SSSR count). The Bertz CT molecular complexity index is 495. The molecule has 1 aromatic rings. The number of rotatable bonds is 2. The molecule has 116 valence electrons. The van der Waals surface area contributed by atoms with Crippen LogP contribution in [0.1, 0.15) is 37.4 Å². The van der Waals surface area contributed by atoms with Gasteiger partial charge in [0.05, 0.1) is 11.7 Å². The molecule has 1 aromatic carbocycles. The van der Waals surface area contributed by atoms with Crippen LogP contribution in [0.3, 0.4) is 0 Å². The van der Waals surface area contributed by atoms with E-state index >= 15 is 0 Å². The van der Waals surface area contributed by atoms with Crippen molar-refractivity contribution >= 4 is 31.9 Å². The molecule has 2 fully saturated rings. The predicted molar refractivity (Wildman–Crippen MR) is 88.3 cm³/mol. The number of ether oxygens (including phenoxy) is 2. The summed E-state index contributed by atoms with van der Waals surface area (Å²) < 4.78 is 13.5. The van der Waals surface area contributed by atoms with Crippen LogP contribution in [0.25, 0.3) is 0 Å². The summed E-state index contributed by atoms with van der Waals surface area (Å²) >= 11 is 7.04. The second-order valence-electron chi connectivity index (χ2n) is 6.01. The van der Waals surface area contributed by atoms with Crippen LogP contribution >= 0.6 is 31.9 Å². The zero-order chi connectivity index (χ0) is 14.9. The van der Waals surface area contributed by atoms with Crippen LogP contribution in [0.2, 0.25) is 0 Å². The van der Waals surface area contributed by atoms with Crippen molar-refractivity contribution in [2.24, 2.45) is 5.92 Å². The van der Waals surface area contributed by atoms with Gasteiger partial charge in [0.2, 0.25) is 0 Å². The van der Waals surface area contributed by atoms with Gasteiger partial charge in [0.15, 0.2) is 0 Å². The van der Waals surface area contributed by atoms with E-state index in [0.29, 0.717) is 0 Å². The first kappa shape index (κ1) is 15.9. The van der Waals surface area contributed by atoms with Crippen LogP contribution in [-0.4, -0.2) is 30.5 Å². The summed E-state index contributed by atoms with van der Waals surface area (Å²) in [5.41, 5.74) is 0.874. The molecule has 0 amide bonds. The van der Waals surface area contributed by atoms with Gasteiger partial charge in [-0.2, -0.15) is 0 Å². The van der Waals surface area contributed by atoms with Gasteiger partial charge in [0.25, 0.3) is 0 Å². The molecule has 2 aliphatic heterocycles. The van der Waals surface area contributed by atoms with Crippen LogP contribution in [-0.2, 0) is 9.47 Å². The Balaban J connectivity index is 1.77. The molecule has 0 aromatic heterocycles. The minimum Gasteiger partial charge on any atom is -0.388 e. The van der Waals surface area contributed by atoms with Gasteiger partial charge in [0, 0.05) is 28.8 Å². The molecule has 1 spiro atoms. The number of aliphatic hydroxyl groups excluding tert-OH is 1. The molecule has 2 unspecified atom stereocenters. The molecule has 2 heterocycles. The average molecular weight is 420 g/mol. The van der Waals surface area contributed by atoms with E-state index in [0.717, 1.165) is 60.0 Å². The van der Waals surface area contributed by atoms with Crippen molar-refractivity contribution in [2.75, 3.05) is 19.8 Å². The number of halogens is 2. The maximum atomic E-state index is 10.8. The number of hydrogen-bond acceptors (Lipinski definition) is 3. The van der Waals surface area contributed by atoms with Gasteiger partial charge in [0.1, 0.15) is 0 Å². The van der Waals surface area contributed by atoms with Crippen LogP contribution in [0.5, 0.6) is 0 Å². The molecule has 21 heavy (non-hydrogen) atoms. The third-order valence-electron chi connectivity index (χ3n) is 4.66.